The van der Waals surface area contributed by atoms with E-state index in [1.165, 1.54) is 12.1 Å². The first-order valence-corrected chi connectivity index (χ1v) is 8.36. The molecule has 3 heteroatoms. The maximum atomic E-state index is 14.3. The smallest absolute Gasteiger partial charge is 0.131 e. The van der Waals surface area contributed by atoms with Crippen molar-refractivity contribution in [3.63, 3.8) is 0 Å². The van der Waals surface area contributed by atoms with E-state index in [-0.39, 0.29) is 11.4 Å². The number of hydrogen-bond acceptors (Lipinski definition) is 0. The molecule has 128 valence electrons. The van der Waals surface area contributed by atoms with Crippen LogP contribution in [0.4, 0.5) is 13.2 Å². The van der Waals surface area contributed by atoms with E-state index in [1.54, 1.807) is 18.2 Å². The number of benzene rings is 3. The van der Waals surface area contributed by atoms with Crippen LogP contribution < -0.4 is 0 Å². The number of halogens is 3. The Balaban J connectivity index is 1.89. The van der Waals surface area contributed by atoms with E-state index >= 15 is 0 Å². The van der Waals surface area contributed by atoms with Gasteiger partial charge in [-0.05, 0) is 40.8 Å². The number of hydrogen-bond donors (Lipinski definition) is 0. The molecule has 3 aromatic rings. The van der Waals surface area contributed by atoms with Crippen molar-refractivity contribution in [1.82, 2.24) is 0 Å². The summed E-state index contributed by atoms with van der Waals surface area (Å²) in [7, 11) is 0. The molecule has 3 rings (SSSR count). The third-order valence-electron chi connectivity index (χ3n) is 4.30. The van der Waals surface area contributed by atoms with E-state index in [2.05, 4.69) is 6.92 Å². The third-order valence-corrected chi connectivity index (χ3v) is 4.30. The zero-order valence-electron chi connectivity index (χ0n) is 14.0. The molecule has 0 bridgehead atoms. The van der Waals surface area contributed by atoms with Crippen LogP contribution in [0.5, 0.6) is 0 Å². The van der Waals surface area contributed by atoms with Crippen molar-refractivity contribution in [3.05, 3.63) is 83.4 Å². The average molecular weight is 340 g/mol. The molecule has 0 aliphatic carbocycles. The second-order valence-electron chi connectivity index (χ2n) is 6.08. The number of rotatable bonds is 5. The van der Waals surface area contributed by atoms with Gasteiger partial charge in [0, 0.05) is 11.1 Å². The van der Waals surface area contributed by atoms with E-state index in [0.717, 1.165) is 29.5 Å². The first-order valence-electron chi connectivity index (χ1n) is 8.36. The van der Waals surface area contributed by atoms with E-state index in [0.29, 0.717) is 11.1 Å². The molecule has 3 aromatic carbocycles. The average Bonchev–Trinajstić information content (AvgIpc) is 2.62. The Kier molecular flexibility index (Phi) is 5.22. The highest BCUT2D eigenvalue weighted by Crippen LogP contribution is 2.28. The van der Waals surface area contributed by atoms with E-state index < -0.39 is 12.5 Å². The van der Waals surface area contributed by atoms with Crippen molar-refractivity contribution < 1.29 is 13.2 Å². The summed E-state index contributed by atoms with van der Waals surface area (Å²) in [4.78, 5) is 0. The molecule has 0 nitrogen and oxygen atoms in total. The Hall–Kier alpha value is -2.55. The van der Waals surface area contributed by atoms with Gasteiger partial charge < -0.3 is 0 Å². The van der Waals surface area contributed by atoms with Crippen LogP contribution in [0.3, 0.4) is 0 Å². The van der Waals surface area contributed by atoms with Gasteiger partial charge in [0.25, 0.3) is 0 Å². The first-order chi connectivity index (χ1) is 12.1. The number of aryl methyl sites for hydroxylation is 1. The second-order valence-corrected chi connectivity index (χ2v) is 6.08. The topological polar surface area (TPSA) is 0 Å². The quantitative estimate of drug-likeness (QED) is 0.483. The SMILES string of the molecule is CCCc1ccc(-c2ccc(-c3ccc(CF)c(F)c3)cc2)c(F)c1. The molecule has 0 N–H and O–H groups in total. The second kappa shape index (κ2) is 7.56. The molecule has 0 heterocycles. The summed E-state index contributed by atoms with van der Waals surface area (Å²) in [5.41, 5.74) is 3.82. The standard InChI is InChI=1S/C22H19F3/c1-2-3-15-4-11-20(22(25)12-15)17-7-5-16(6-8-17)18-9-10-19(14-23)21(24)13-18/h4-13H,2-3,14H2,1H3. The van der Waals surface area contributed by atoms with E-state index in [9.17, 15) is 13.2 Å². The predicted octanol–water partition coefficient (Wildman–Crippen LogP) is 6.72. The normalized spacial score (nSPS) is 10.9. The summed E-state index contributed by atoms with van der Waals surface area (Å²) in [6, 6.07) is 17.0. The van der Waals surface area contributed by atoms with Crippen molar-refractivity contribution in [3.8, 4) is 22.3 Å². The van der Waals surface area contributed by atoms with Crippen molar-refractivity contribution >= 4 is 0 Å². The van der Waals surface area contributed by atoms with Gasteiger partial charge in [-0.25, -0.2) is 13.2 Å². The Morgan fingerprint density at radius 3 is 2.00 bits per heavy atom. The lowest BCUT2D eigenvalue weighted by molar-refractivity contribution is 0.464. The van der Waals surface area contributed by atoms with Gasteiger partial charge in [0.2, 0.25) is 0 Å². The Bertz CT molecular complexity index is 867. The lowest BCUT2D eigenvalue weighted by Crippen LogP contribution is -1.90. The van der Waals surface area contributed by atoms with Crippen LogP contribution in [-0.4, -0.2) is 0 Å². The molecule has 0 fully saturated rings. The molecule has 0 saturated carbocycles. The van der Waals surface area contributed by atoms with Crippen LogP contribution in [0, 0.1) is 11.6 Å². The van der Waals surface area contributed by atoms with Crippen LogP contribution in [0.15, 0.2) is 60.7 Å². The van der Waals surface area contributed by atoms with Crippen molar-refractivity contribution in [2.75, 3.05) is 0 Å². The maximum Gasteiger partial charge on any atom is 0.131 e. The molecule has 0 aliphatic heterocycles. The molecule has 0 atom stereocenters. The van der Waals surface area contributed by atoms with Crippen LogP contribution in [0.25, 0.3) is 22.3 Å². The van der Waals surface area contributed by atoms with Gasteiger partial charge in [-0.15, -0.1) is 0 Å². The summed E-state index contributed by atoms with van der Waals surface area (Å²) in [5, 5.41) is 0. The summed E-state index contributed by atoms with van der Waals surface area (Å²) < 4.78 is 40.7. The van der Waals surface area contributed by atoms with E-state index in [1.807, 2.05) is 30.3 Å². The van der Waals surface area contributed by atoms with Crippen molar-refractivity contribution in [1.29, 1.82) is 0 Å². The van der Waals surface area contributed by atoms with E-state index in [4.69, 9.17) is 0 Å². The minimum atomic E-state index is -0.821. The summed E-state index contributed by atoms with van der Waals surface area (Å²) in [6.45, 7) is 1.24. The molecule has 0 saturated heterocycles. The van der Waals surface area contributed by atoms with Crippen molar-refractivity contribution in [2.24, 2.45) is 0 Å². The third kappa shape index (κ3) is 3.76. The Labute approximate surface area is 146 Å². The van der Waals surface area contributed by atoms with Crippen LogP contribution >= 0.6 is 0 Å². The highest BCUT2D eigenvalue weighted by Gasteiger charge is 2.08. The zero-order chi connectivity index (χ0) is 17.8. The molecule has 0 radical (unpaired) electrons. The number of alkyl halides is 1. The fourth-order valence-corrected chi connectivity index (χ4v) is 2.91. The fourth-order valence-electron chi connectivity index (χ4n) is 2.91. The monoisotopic (exact) mass is 340 g/mol. The summed E-state index contributed by atoms with van der Waals surface area (Å²) in [6.07, 6.45) is 1.84. The highest BCUT2D eigenvalue weighted by atomic mass is 19.1. The van der Waals surface area contributed by atoms with Gasteiger partial charge in [-0.1, -0.05) is 61.9 Å². The minimum Gasteiger partial charge on any atom is -0.246 e. The van der Waals surface area contributed by atoms with Gasteiger partial charge >= 0.3 is 0 Å². The molecule has 0 spiro atoms. The highest BCUT2D eigenvalue weighted by molar-refractivity contribution is 5.71. The predicted molar refractivity (Wildman–Crippen MR) is 96.0 cm³/mol. The Morgan fingerprint density at radius 2 is 1.40 bits per heavy atom. The lowest BCUT2D eigenvalue weighted by Gasteiger charge is -2.08. The summed E-state index contributed by atoms with van der Waals surface area (Å²) in [5.74, 6) is -0.793. The molecule has 25 heavy (non-hydrogen) atoms. The van der Waals surface area contributed by atoms with Gasteiger partial charge in [0.05, 0.1) is 0 Å². The maximum absolute atomic E-state index is 14.3. The van der Waals surface area contributed by atoms with Gasteiger partial charge in [0.1, 0.15) is 18.3 Å². The minimum absolute atomic E-state index is 0.0506. The summed E-state index contributed by atoms with van der Waals surface area (Å²) >= 11 is 0. The zero-order valence-corrected chi connectivity index (χ0v) is 14.0. The molecular formula is C22H19F3. The van der Waals surface area contributed by atoms with Gasteiger partial charge in [-0.3, -0.25) is 0 Å². The van der Waals surface area contributed by atoms with Crippen molar-refractivity contribution in [2.45, 2.75) is 26.4 Å². The molecule has 0 amide bonds. The molecular weight excluding hydrogens is 321 g/mol. The Morgan fingerprint density at radius 1 is 0.720 bits per heavy atom. The molecule has 0 aromatic heterocycles. The molecule has 0 unspecified atom stereocenters. The largest absolute Gasteiger partial charge is 0.246 e. The van der Waals surface area contributed by atoms with Crippen LogP contribution in [0.2, 0.25) is 0 Å². The first kappa shape index (κ1) is 17.3. The van der Waals surface area contributed by atoms with Crippen LogP contribution in [-0.2, 0) is 13.1 Å². The molecule has 0 aliphatic rings. The van der Waals surface area contributed by atoms with Crippen LogP contribution in [0.1, 0.15) is 24.5 Å². The van der Waals surface area contributed by atoms with Gasteiger partial charge in [0.15, 0.2) is 0 Å². The lowest BCUT2D eigenvalue weighted by atomic mass is 9.98. The fraction of sp³-hybridized carbons (Fsp3) is 0.182. The van der Waals surface area contributed by atoms with Gasteiger partial charge in [-0.2, -0.15) is 0 Å².